The normalized spacial score (nSPS) is 14.8. The van der Waals surface area contributed by atoms with E-state index in [9.17, 15) is 4.79 Å². The lowest BCUT2D eigenvalue weighted by Gasteiger charge is -2.15. The van der Waals surface area contributed by atoms with Crippen molar-refractivity contribution in [3.05, 3.63) is 0 Å². The zero-order valence-corrected chi connectivity index (χ0v) is 7.46. The van der Waals surface area contributed by atoms with Crippen LogP contribution in [0.25, 0.3) is 0 Å². The van der Waals surface area contributed by atoms with Gasteiger partial charge in [0.05, 0.1) is 7.11 Å². The van der Waals surface area contributed by atoms with Gasteiger partial charge in [0.2, 0.25) is 0 Å². The van der Waals surface area contributed by atoms with E-state index in [0.717, 1.165) is 0 Å². The molecule has 0 aromatic rings. The van der Waals surface area contributed by atoms with Crippen LogP contribution in [0.4, 0.5) is 0 Å². The smallest absolute Gasteiger partial charge is 0.341 e. The maximum Gasteiger partial charge on any atom is 0.341 e. The third kappa shape index (κ3) is 3.25. The van der Waals surface area contributed by atoms with E-state index in [1.807, 2.05) is 0 Å². The SMILES string of the molecule is CCC(N)(Cl)C(=O)OC.Cl. The molecule has 0 radical (unpaired) electrons. The predicted molar refractivity (Wildman–Crippen MR) is 42.3 cm³/mol. The standard InChI is InChI=1S/C5H10ClNO2.ClH/c1-3-5(6,7)4(8)9-2;/h3,7H2,1-2H3;1H. The molecule has 1 atom stereocenters. The van der Waals surface area contributed by atoms with E-state index in [2.05, 4.69) is 4.74 Å². The van der Waals surface area contributed by atoms with Crippen LogP contribution in [-0.2, 0) is 9.53 Å². The van der Waals surface area contributed by atoms with Crippen molar-refractivity contribution in [3.8, 4) is 0 Å². The first kappa shape index (κ1) is 12.7. The van der Waals surface area contributed by atoms with E-state index in [1.165, 1.54) is 7.11 Å². The van der Waals surface area contributed by atoms with Crippen molar-refractivity contribution in [2.75, 3.05) is 7.11 Å². The highest BCUT2D eigenvalue weighted by Crippen LogP contribution is 2.12. The van der Waals surface area contributed by atoms with Gasteiger partial charge >= 0.3 is 5.97 Å². The lowest BCUT2D eigenvalue weighted by atomic mass is 10.2. The molecule has 0 aliphatic carbocycles. The van der Waals surface area contributed by atoms with Gasteiger partial charge in [0.15, 0.2) is 5.00 Å². The molecule has 62 valence electrons. The highest BCUT2D eigenvalue weighted by Gasteiger charge is 2.29. The maximum atomic E-state index is 10.6. The highest BCUT2D eigenvalue weighted by molar-refractivity contribution is 6.33. The third-order valence-corrected chi connectivity index (χ3v) is 1.46. The Balaban J connectivity index is 0. The minimum atomic E-state index is -1.34. The van der Waals surface area contributed by atoms with E-state index >= 15 is 0 Å². The van der Waals surface area contributed by atoms with Crippen LogP contribution < -0.4 is 5.73 Å². The molecule has 0 aliphatic rings. The zero-order valence-electron chi connectivity index (χ0n) is 5.89. The highest BCUT2D eigenvalue weighted by atomic mass is 35.5. The monoisotopic (exact) mass is 187 g/mol. The van der Waals surface area contributed by atoms with Gasteiger partial charge in [-0.15, -0.1) is 12.4 Å². The van der Waals surface area contributed by atoms with Gasteiger partial charge in [-0.1, -0.05) is 18.5 Å². The van der Waals surface area contributed by atoms with Gasteiger partial charge in [-0.05, 0) is 6.42 Å². The first-order valence-electron chi connectivity index (χ1n) is 2.60. The lowest BCUT2D eigenvalue weighted by Crippen LogP contribution is -2.42. The molecule has 0 saturated heterocycles. The molecule has 10 heavy (non-hydrogen) atoms. The Bertz CT molecular complexity index is 116. The average molecular weight is 188 g/mol. The van der Waals surface area contributed by atoms with E-state index in [1.54, 1.807) is 6.92 Å². The van der Waals surface area contributed by atoms with Crippen LogP contribution in [0, 0.1) is 0 Å². The van der Waals surface area contributed by atoms with Crippen LogP contribution in [0.2, 0.25) is 0 Å². The first-order chi connectivity index (χ1) is 4.04. The molecule has 0 rings (SSSR count). The third-order valence-electron chi connectivity index (χ3n) is 1.04. The molecular formula is C5H11Cl2NO2. The molecule has 1 unspecified atom stereocenters. The maximum absolute atomic E-state index is 10.6. The Labute approximate surface area is 71.3 Å². The van der Waals surface area contributed by atoms with E-state index in [-0.39, 0.29) is 12.4 Å². The van der Waals surface area contributed by atoms with Crippen molar-refractivity contribution in [2.45, 2.75) is 18.3 Å². The summed E-state index contributed by atoms with van der Waals surface area (Å²) in [6.07, 6.45) is 0.362. The number of carbonyl (C=O) groups is 1. The lowest BCUT2D eigenvalue weighted by molar-refractivity contribution is -0.143. The van der Waals surface area contributed by atoms with Crippen LogP contribution in [-0.4, -0.2) is 18.1 Å². The minimum Gasteiger partial charge on any atom is -0.467 e. The molecule has 5 heteroatoms. The Morgan fingerprint density at radius 1 is 1.80 bits per heavy atom. The van der Waals surface area contributed by atoms with Gasteiger partial charge in [-0.3, -0.25) is 0 Å². The zero-order chi connectivity index (χ0) is 7.49. The largest absolute Gasteiger partial charge is 0.467 e. The molecule has 0 heterocycles. The molecular weight excluding hydrogens is 177 g/mol. The molecule has 0 bridgehead atoms. The first-order valence-corrected chi connectivity index (χ1v) is 2.98. The summed E-state index contributed by atoms with van der Waals surface area (Å²) < 4.78 is 4.31. The fourth-order valence-electron chi connectivity index (χ4n) is 0.314. The van der Waals surface area contributed by atoms with Gasteiger partial charge < -0.3 is 10.5 Å². The molecule has 0 aromatic heterocycles. The summed E-state index contributed by atoms with van der Waals surface area (Å²) in [6, 6.07) is 0. The Kier molecular flexibility index (Phi) is 6.04. The second kappa shape index (κ2) is 4.77. The number of ether oxygens (including phenoxy) is 1. The summed E-state index contributed by atoms with van der Waals surface area (Å²) >= 11 is 5.47. The van der Waals surface area contributed by atoms with Gasteiger partial charge in [0.25, 0.3) is 0 Å². The van der Waals surface area contributed by atoms with Gasteiger partial charge in [0, 0.05) is 0 Å². The van der Waals surface area contributed by atoms with Crippen LogP contribution in [0.3, 0.4) is 0 Å². The van der Waals surface area contributed by atoms with E-state index in [0.29, 0.717) is 6.42 Å². The van der Waals surface area contributed by atoms with Crippen LogP contribution in [0.1, 0.15) is 13.3 Å². The Hall–Kier alpha value is 0.01000. The predicted octanol–water partition coefficient (Wildman–Crippen LogP) is 0.885. The van der Waals surface area contributed by atoms with Crippen molar-refractivity contribution in [2.24, 2.45) is 5.73 Å². The number of carbonyl (C=O) groups excluding carboxylic acids is 1. The number of halogens is 2. The van der Waals surface area contributed by atoms with Crippen LogP contribution in [0.5, 0.6) is 0 Å². The van der Waals surface area contributed by atoms with Gasteiger partial charge in [-0.25, -0.2) is 4.79 Å². The molecule has 0 saturated carbocycles. The number of hydrogen-bond acceptors (Lipinski definition) is 3. The van der Waals surface area contributed by atoms with Crippen molar-refractivity contribution >= 4 is 30.0 Å². The summed E-state index contributed by atoms with van der Waals surface area (Å²) in [4.78, 5) is 9.25. The quantitative estimate of drug-likeness (QED) is 0.397. The van der Waals surface area contributed by atoms with Crippen molar-refractivity contribution in [3.63, 3.8) is 0 Å². The fourth-order valence-corrected chi connectivity index (χ4v) is 0.391. The molecule has 0 amide bonds. The van der Waals surface area contributed by atoms with E-state index < -0.39 is 11.0 Å². The molecule has 0 spiro atoms. The van der Waals surface area contributed by atoms with Crippen molar-refractivity contribution < 1.29 is 9.53 Å². The molecule has 0 fully saturated rings. The summed E-state index contributed by atoms with van der Waals surface area (Å²) in [5.41, 5.74) is 5.26. The molecule has 2 N–H and O–H groups in total. The van der Waals surface area contributed by atoms with Crippen LogP contribution >= 0.6 is 24.0 Å². The van der Waals surface area contributed by atoms with Crippen molar-refractivity contribution in [1.82, 2.24) is 0 Å². The number of esters is 1. The average Bonchev–Trinajstić information content (AvgIpc) is 1.86. The number of methoxy groups -OCH3 is 1. The van der Waals surface area contributed by atoms with Gasteiger partial charge in [0.1, 0.15) is 0 Å². The second-order valence-electron chi connectivity index (χ2n) is 1.71. The fraction of sp³-hybridized carbons (Fsp3) is 0.800. The Morgan fingerprint density at radius 2 is 2.20 bits per heavy atom. The number of nitrogens with two attached hydrogens (primary N) is 1. The van der Waals surface area contributed by atoms with Crippen LogP contribution in [0.15, 0.2) is 0 Å². The Morgan fingerprint density at radius 3 is 2.30 bits per heavy atom. The molecule has 3 nitrogen and oxygen atoms in total. The number of rotatable bonds is 2. The number of hydrogen-bond donors (Lipinski definition) is 1. The van der Waals surface area contributed by atoms with Gasteiger partial charge in [-0.2, -0.15) is 0 Å². The summed E-state index contributed by atoms with van der Waals surface area (Å²) in [6.45, 7) is 1.71. The van der Waals surface area contributed by atoms with Crippen molar-refractivity contribution in [1.29, 1.82) is 0 Å². The second-order valence-corrected chi connectivity index (χ2v) is 2.38. The summed E-state index contributed by atoms with van der Waals surface area (Å²) in [5, 5.41) is 0. The van der Waals surface area contributed by atoms with E-state index in [4.69, 9.17) is 17.3 Å². The topological polar surface area (TPSA) is 52.3 Å². The molecule has 0 aliphatic heterocycles. The minimum absolute atomic E-state index is 0. The summed E-state index contributed by atoms with van der Waals surface area (Å²) in [7, 11) is 1.25. The number of alkyl halides is 1. The molecule has 0 aromatic carbocycles. The summed E-state index contributed by atoms with van der Waals surface area (Å²) in [5.74, 6) is -0.591.